The van der Waals surface area contributed by atoms with E-state index in [4.69, 9.17) is 9.47 Å². The first kappa shape index (κ1) is 24.9. The highest BCUT2D eigenvalue weighted by Gasteiger charge is 2.49. The number of hydrogen-bond donors (Lipinski definition) is 1. The molecule has 4 rings (SSSR count). The highest BCUT2D eigenvalue weighted by molar-refractivity contribution is 7.08. The van der Waals surface area contributed by atoms with Gasteiger partial charge in [0.25, 0.3) is 0 Å². The van der Waals surface area contributed by atoms with E-state index in [0.717, 1.165) is 28.9 Å². The van der Waals surface area contributed by atoms with E-state index < -0.39 is 23.8 Å². The molecule has 35 heavy (non-hydrogen) atoms. The van der Waals surface area contributed by atoms with Crippen LogP contribution in [0, 0.1) is 5.92 Å². The molecule has 1 aliphatic carbocycles. The summed E-state index contributed by atoms with van der Waals surface area (Å²) in [5, 5.41) is 7.34. The Labute approximate surface area is 210 Å². The topological polar surface area (TPSA) is 81.7 Å². The lowest BCUT2D eigenvalue weighted by Crippen LogP contribution is -2.43. The molecule has 0 spiro atoms. The van der Waals surface area contributed by atoms with Crippen molar-refractivity contribution in [1.29, 1.82) is 0 Å². The third kappa shape index (κ3) is 4.82. The lowest BCUT2D eigenvalue weighted by atomic mass is 9.67. The number of carbonyl (C=O) groups excluding carboxylic acids is 3. The number of Topliss-reactive ketones (excluding diaryl/α,β-unsaturated/α-hetero) is 1. The largest absolute Gasteiger partial charge is 0.465 e. The van der Waals surface area contributed by atoms with Crippen LogP contribution in [-0.2, 0) is 23.9 Å². The number of hydrogen-bond acceptors (Lipinski definition) is 7. The summed E-state index contributed by atoms with van der Waals surface area (Å²) in [4.78, 5) is 40.6. The molecule has 0 fully saturated rings. The molecule has 1 aromatic carbocycles. The maximum Gasteiger partial charge on any atom is 0.336 e. The van der Waals surface area contributed by atoms with Crippen molar-refractivity contribution in [3.05, 3.63) is 80.8 Å². The fourth-order valence-corrected chi connectivity index (χ4v) is 5.82. The van der Waals surface area contributed by atoms with Crippen LogP contribution < -0.4 is 5.32 Å². The van der Waals surface area contributed by atoms with Crippen molar-refractivity contribution >= 4 is 29.1 Å². The Morgan fingerprint density at radius 3 is 2.40 bits per heavy atom. The standard InChI is InChI=1S/C28H31NO5S/c1-4-10-20-25(28(32)34-6-3)22(18-13-14-35-16-18)24-21(29-20)15-19(17-11-8-7-9-12-17)23(26(24)30)27(31)33-5-2/h7-9,11-14,16,19,22-23,29H,4-6,10,15H2,1-3H3/t19-,22-,23+/m1/s1. The van der Waals surface area contributed by atoms with Crippen LogP contribution in [-0.4, -0.2) is 30.9 Å². The first-order chi connectivity index (χ1) is 17.0. The monoisotopic (exact) mass is 493 g/mol. The Hall–Kier alpha value is -3.19. The van der Waals surface area contributed by atoms with Crippen LogP contribution in [0.3, 0.4) is 0 Å². The molecule has 184 valence electrons. The summed E-state index contributed by atoms with van der Waals surface area (Å²) < 4.78 is 10.8. The van der Waals surface area contributed by atoms with Gasteiger partial charge in [0, 0.05) is 28.8 Å². The van der Waals surface area contributed by atoms with Crippen LogP contribution in [0.5, 0.6) is 0 Å². The molecule has 2 aliphatic rings. The van der Waals surface area contributed by atoms with Crippen LogP contribution in [0.1, 0.15) is 63.0 Å². The number of carbonyl (C=O) groups is 3. The molecule has 0 bridgehead atoms. The molecule has 0 radical (unpaired) electrons. The molecule has 1 N–H and O–H groups in total. The maximum atomic E-state index is 14.2. The predicted octanol–water partition coefficient (Wildman–Crippen LogP) is 5.24. The van der Waals surface area contributed by atoms with Crippen molar-refractivity contribution in [3.63, 3.8) is 0 Å². The van der Waals surface area contributed by atoms with Gasteiger partial charge >= 0.3 is 11.9 Å². The summed E-state index contributed by atoms with van der Waals surface area (Å²) in [5.41, 5.74) is 4.26. The van der Waals surface area contributed by atoms with Gasteiger partial charge in [0.1, 0.15) is 5.92 Å². The minimum absolute atomic E-state index is 0.191. The molecule has 0 amide bonds. The second kappa shape index (κ2) is 11.0. The van der Waals surface area contributed by atoms with Crippen molar-refractivity contribution in [2.24, 2.45) is 5.92 Å². The Balaban J connectivity index is 1.89. The number of thiophene rings is 1. The Morgan fingerprint density at radius 2 is 1.77 bits per heavy atom. The van der Waals surface area contributed by atoms with Gasteiger partial charge in [-0.1, -0.05) is 43.7 Å². The van der Waals surface area contributed by atoms with E-state index in [0.29, 0.717) is 24.0 Å². The fraction of sp³-hybridized carbons (Fsp3) is 0.393. The van der Waals surface area contributed by atoms with Crippen LogP contribution in [0.25, 0.3) is 0 Å². The zero-order chi connectivity index (χ0) is 24.9. The van der Waals surface area contributed by atoms with Gasteiger partial charge in [-0.05, 0) is 54.6 Å². The number of allylic oxidation sites excluding steroid dienone is 3. The predicted molar refractivity (Wildman–Crippen MR) is 135 cm³/mol. The van der Waals surface area contributed by atoms with E-state index in [1.807, 2.05) is 47.2 Å². The number of rotatable bonds is 8. The van der Waals surface area contributed by atoms with Crippen molar-refractivity contribution in [2.45, 2.75) is 51.9 Å². The van der Waals surface area contributed by atoms with Crippen LogP contribution in [0.2, 0.25) is 0 Å². The Kier molecular flexibility index (Phi) is 7.86. The average Bonchev–Trinajstić information content (AvgIpc) is 3.39. The second-order valence-corrected chi connectivity index (χ2v) is 9.46. The van der Waals surface area contributed by atoms with E-state index in [1.165, 1.54) is 11.3 Å². The van der Waals surface area contributed by atoms with E-state index >= 15 is 0 Å². The van der Waals surface area contributed by atoms with Crippen molar-refractivity contribution in [2.75, 3.05) is 13.2 Å². The third-order valence-electron chi connectivity index (χ3n) is 6.54. The van der Waals surface area contributed by atoms with E-state index in [-0.39, 0.29) is 24.9 Å². The van der Waals surface area contributed by atoms with Crippen molar-refractivity contribution in [3.8, 4) is 0 Å². The van der Waals surface area contributed by atoms with Gasteiger partial charge in [0.15, 0.2) is 5.78 Å². The average molecular weight is 494 g/mol. The Morgan fingerprint density at radius 1 is 1.03 bits per heavy atom. The minimum Gasteiger partial charge on any atom is -0.465 e. The summed E-state index contributed by atoms with van der Waals surface area (Å²) in [6, 6.07) is 11.6. The summed E-state index contributed by atoms with van der Waals surface area (Å²) >= 11 is 1.51. The zero-order valence-electron chi connectivity index (χ0n) is 20.3. The number of ketones is 1. The molecular formula is C28H31NO5S. The lowest BCUT2D eigenvalue weighted by molar-refractivity contribution is -0.152. The van der Waals surface area contributed by atoms with Gasteiger partial charge < -0.3 is 14.8 Å². The highest BCUT2D eigenvalue weighted by atomic mass is 32.1. The zero-order valence-corrected chi connectivity index (χ0v) is 21.2. The smallest absolute Gasteiger partial charge is 0.336 e. The molecule has 2 heterocycles. The third-order valence-corrected chi connectivity index (χ3v) is 7.25. The summed E-state index contributed by atoms with van der Waals surface area (Å²) in [7, 11) is 0. The van der Waals surface area contributed by atoms with Gasteiger partial charge in [0.2, 0.25) is 0 Å². The van der Waals surface area contributed by atoms with E-state index in [9.17, 15) is 14.4 Å². The van der Waals surface area contributed by atoms with Crippen molar-refractivity contribution in [1.82, 2.24) is 5.32 Å². The number of nitrogens with one attached hydrogen (secondary N) is 1. The van der Waals surface area contributed by atoms with Gasteiger partial charge in [-0.3, -0.25) is 9.59 Å². The van der Waals surface area contributed by atoms with Gasteiger partial charge in [0.05, 0.1) is 18.8 Å². The van der Waals surface area contributed by atoms with Crippen LogP contribution in [0.15, 0.2) is 69.7 Å². The number of esters is 2. The normalized spacial score (nSPS) is 21.9. The molecule has 3 atom stereocenters. The summed E-state index contributed by atoms with van der Waals surface area (Å²) in [6.07, 6.45) is 1.95. The lowest BCUT2D eigenvalue weighted by Gasteiger charge is -2.39. The molecule has 0 saturated carbocycles. The first-order valence-electron chi connectivity index (χ1n) is 12.2. The molecule has 1 aliphatic heterocycles. The highest BCUT2D eigenvalue weighted by Crippen LogP contribution is 2.48. The maximum absolute atomic E-state index is 14.2. The number of benzene rings is 1. The fourth-order valence-electron chi connectivity index (χ4n) is 5.13. The van der Waals surface area contributed by atoms with Gasteiger partial charge in [-0.2, -0.15) is 11.3 Å². The number of ether oxygens (including phenoxy) is 2. The molecule has 0 unspecified atom stereocenters. The molecular weight excluding hydrogens is 462 g/mol. The van der Waals surface area contributed by atoms with Crippen LogP contribution >= 0.6 is 11.3 Å². The molecule has 6 nitrogen and oxygen atoms in total. The summed E-state index contributed by atoms with van der Waals surface area (Å²) in [6.45, 7) is 5.99. The van der Waals surface area contributed by atoms with Crippen molar-refractivity contribution < 1.29 is 23.9 Å². The number of dihydropyridines is 1. The Bertz CT molecular complexity index is 1150. The minimum atomic E-state index is -0.977. The SMILES string of the molecule is CCCC1=C(C(=O)OCC)[C@H](c2ccsc2)C2=C(C[C@H](c3ccccc3)[C@H](C(=O)OCC)C2=O)N1. The first-order valence-corrected chi connectivity index (χ1v) is 13.1. The van der Waals surface area contributed by atoms with Gasteiger partial charge in [-0.15, -0.1) is 0 Å². The van der Waals surface area contributed by atoms with Gasteiger partial charge in [-0.25, -0.2) is 4.79 Å². The van der Waals surface area contributed by atoms with E-state index in [1.54, 1.807) is 13.8 Å². The van der Waals surface area contributed by atoms with Crippen LogP contribution in [0.4, 0.5) is 0 Å². The summed E-state index contributed by atoms with van der Waals surface area (Å²) in [5.74, 6) is -3.17. The molecule has 0 saturated heterocycles. The second-order valence-electron chi connectivity index (χ2n) is 8.68. The quantitative estimate of drug-likeness (QED) is 0.400. The molecule has 7 heteroatoms. The molecule has 2 aromatic rings. The molecule has 1 aromatic heterocycles. The van der Waals surface area contributed by atoms with E-state index in [2.05, 4.69) is 12.2 Å².